The molecule has 1 N–H and O–H groups in total. The molecule has 100 valence electrons. The fourth-order valence-corrected chi connectivity index (χ4v) is 3.17. The second-order valence-electron chi connectivity index (χ2n) is 4.69. The summed E-state index contributed by atoms with van der Waals surface area (Å²) in [6.45, 7) is 6.07. The first-order valence-corrected chi connectivity index (χ1v) is 7.32. The van der Waals surface area contributed by atoms with Gasteiger partial charge in [0.05, 0.1) is 6.10 Å². The van der Waals surface area contributed by atoms with Crippen molar-refractivity contribution >= 4 is 11.8 Å². The lowest BCUT2D eigenvalue weighted by Crippen LogP contribution is -1.97. The zero-order valence-electron chi connectivity index (χ0n) is 11.6. The second-order valence-corrected chi connectivity index (χ2v) is 5.75. The van der Waals surface area contributed by atoms with Gasteiger partial charge in [-0.1, -0.05) is 36.9 Å². The minimum absolute atomic E-state index is 0.408. The molecular formula is C16H19NOS. The van der Waals surface area contributed by atoms with E-state index in [1.165, 1.54) is 5.56 Å². The van der Waals surface area contributed by atoms with Gasteiger partial charge < -0.3 is 5.11 Å². The van der Waals surface area contributed by atoms with Crippen molar-refractivity contribution in [3.8, 4) is 0 Å². The second kappa shape index (κ2) is 6.22. The Morgan fingerprint density at radius 2 is 1.95 bits per heavy atom. The minimum atomic E-state index is -0.408. The molecule has 19 heavy (non-hydrogen) atoms. The molecule has 0 amide bonds. The number of aliphatic hydroxyl groups excluding tert-OH is 1. The topological polar surface area (TPSA) is 33.1 Å². The van der Waals surface area contributed by atoms with Crippen LogP contribution in [0.1, 0.15) is 36.3 Å². The van der Waals surface area contributed by atoms with Crippen LogP contribution in [-0.4, -0.2) is 10.1 Å². The summed E-state index contributed by atoms with van der Waals surface area (Å²) in [5.74, 6) is 0. The van der Waals surface area contributed by atoms with Crippen LogP contribution in [-0.2, 0) is 0 Å². The quantitative estimate of drug-likeness (QED) is 0.902. The van der Waals surface area contributed by atoms with E-state index in [-0.39, 0.29) is 0 Å². The predicted molar refractivity (Wildman–Crippen MR) is 79.5 cm³/mol. The van der Waals surface area contributed by atoms with E-state index in [2.05, 4.69) is 24.0 Å². The monoisotopic (exact) mass is 273 g/mol. The normalized spacial score (nSPS) is 12.4. The van der Waals surface area contributed by atoms with Gasteiger partial charge in [0.25, 0.3) is 0 Å². The molecule has 0 aliphatic heterocycles. The van der Waals surface area contributed by atoms with Gasteiger partial charge in [-0.15, -0.1) is 0 Å². The highest BCUT2D eigenvalue weighted by Crippen LogP contribution is 2.33. The summed E-state index contributed by atoms with van der Waals surface area (Å²) in [6, 6.07) is 12.1. The average molecular weight is 273 g/mol. The van der Waals surface area contributed by atoms with Crippen molar-refractivity contribution in [2.75, 3.05) is 0 Å². The van der Waals surface area contributed by atoms with E-state index in [0.29, 0.717) is 0 Å². The molecule has 3 heteroatoms. The molecule has 0 bridgehead atoms. The number of hydrogen-bond acceptors (Lipinski definition) is 3. The fraction of sp³-hybridized carbons (Fsp3) is 0.312. The van der Waals surface area contributed by atoms with Crippen molar-refractivity contribution < 1.29 is 5.11 Å². The first kappa shape index (κ1) is 14.1. The molecule has 0 saturated heterocycles. The van der Waals surface area contributed by atoms with E-state index >= 15 is 0 Å². The fourth-order valence-electron chi connectivity index (χ4n) is 2.04. The zero-order valence-corrected chi connectivity index (χ0v) is 12.4. The number of aromatic nitrogens is 1. The molecule has 0 aliphatic carbocycles. The Labute approximate surface area is 118 Å². The Morgan fingerprint density at radius 1 is 1.21 bits per heavy atom. The summed E-state index contributed by atoms with van der Waals surface area (Å²) in [4.78, 5) is 5.62. The molecule has 2 aromatic rings. The maximum absolute atomic E-state index is 10.1. The van der Waals surface area contributed by atoms with Crippen LogP contribution < -0.4 is 0 Å². The van der Waals surface area contributed by atoms with Crippen molar-refractivity contribution in [1.82, 2.24) is 4.98 Å². The molecule has 1 aromatic carbocycles. The number of nitrogens with zero attached hydrogens (tertiary/aromatic N) is 1. The van der Waals surface area contributed by atoms with Crippen LogP contribution in [0.25, 0.3) is 0 Å². The largest absolute Gasteiger partial charge is 0.388 e. The van der Waals surface area contributed by atoms with E-state index in [4.69, 9.17) is 0 Å². The van der Waals surface area contributed by atoms with Crippen molar-refractivity contribution in [2.45, 2.75) is 43.2 Å². The molecule has 0 unspecified atom stereocenters. The highest BCUT2D eigenvalue weighted by Gasteiger charge is 2.11. The summed E-state index contributed by atoms with van der Waals surface area (Å²) in [5.41, 5.74) is 3.22. The molecule has 0 fully saturated rings. The van der Waals surface area contributed by atoms with Gasteiger partial charge in [0, 0.05) is 10.6 Å². The molecular weight excluding hydrogens is 254 g/mol. The van der Waals surface area contributed by atoms with E-state index in [0.717, 1.165) is 27.6 Å². The highest BCUT2D eigenvalue weighted by molar-refractivity contribution is 7.99. The average Bonchev–Trinajstić information content (AvgIpc) is 2.37. The molecule has 1 atom stereocenters. The summed E-state index contributed by atoms with van der Waals surface area (Å²) in [6.07, 6.45) is 0.312. The lowest BCUT2D eigenvalue weighted by molar-refractivity contribution is 0.171. The van der Waals surface area contributed by atoms with Gasteiger partial charge in [0.2, 0.25) is 0 Å². The molecule has 0 radical (unpaired) electrons. The Balaban J connectivity index is 2.32. The van der Waals surface area contributed by atoms with Crippen LogP contribution >= 0.6 is 11.8 Å². The van der Waals surface area contributed by atoms with Gasteiger partial charge in [-0.2, -0.15) is 0 Å². The Bertz CT molecular complexity index is 548. The SMILES string of the molecule is CC[C@@H](O)c1ccccc1Sc1cc(C)cc(C)n1. The molecule has 0 saturated carbocycles. The van der Waals surface area contributed by atoms with Crippen molar-refractivity contribution in [3.05, 3.63) is 53.2 Å². The standard InChI is InChI=1S/C16H19NOS/c1-4-14(18)13-7-5-6-8-15(13)19-16-10-11(2)9-12(3)17-16/h5-10,14,18H,4H2,1-3H3/t14-/m1/s1. The first-order chi connectivity index (χ1) is 9.10. The van der Waals surface area contributed by atoms with Gasteiger partial charge >= 0.3 is 0 Å². The van der Waals surface area contributed by atoms with Gasteiger partial charge in [-0.05, 0) is 49.6 Å². The lowest BCUT2D eigenvalue weighted by atomic mass is 10.1. The van der Waals surface area contributed by atoms with E-state index in [9.17, 15) is 5.11 Å². The number of rotatable bonds is 4. The van der Waals surface area contributed by atoms with Crippen molar-refractivity contribution in [3.63, 3.8) is 0 Å². The van der Waals surface area contributed by atoms with Crippen LogP contribution in [0.4, 0.5) is 0 Å². The van der Waals surface area contributed by atoms with Gasteiger partial charge in [-0.3, -0.25) is 0 Å². The van der Waals surface area contributed by atoms with Crippen LogP contribution in [0.15, 0.2) is 46.3 Å². The molecule has 2 nitrogen and oxygen atoms in total. The van der Waals surface area contributed by atoms with Gasteiger partial charge in [-0.25, -0.2) is 4.98 Å². The Kier molecular flexibility index (Phi) is 4.61. The minimum Gasteiger partial charge on any atom is -0.388 e. The summed E-state index contributed by atoms with van der Waals surface area (Å²) < 4.78 is 0. The maximum Gasteiger partial charge on any atom is 0.101 e. The van der Waals surface area contributed by atoms with Crippen LogP contribution in [0.5, 0.6) is 0 Å². The number of aryl methyl sites for hydroxylation is 2. The zero-order chi connectivity index (χ0) is 13.8. The molecule has 1 heterocycles. The summed E-state index contributed by atoms with van der Waals surface area (Å²) in [7, 11) is 0. The Hall–Kier alpha value is -1.32. The van der Waals surface area contributed by atoms with Crippen molar-refractivity contribution in [2.24, 2.45) is 0 Å². The number of aliphatic hydroxyl groups is 1. The number of benzene rings is 1. The Morgan fingerprint density at radius 3 is 2.63 bits per heavy atom. The first-order valence-electron chi connectivity index (χ1n) is 6.50. The van der Waals surface area contributed by atoms with E-state index in [1.807, 2.05) is 38.1 Å². The molecule has 1 aromatic heterocycles. The van der Waals surface area contributed by atoms with Crippen LogP contribution in [0, 0.1) is 13.8 Å². The smallest absolute Gasteiger partial charge is 0.101 e. The third-order valence-electron chi connectivity index (χ3n) is 2.95. The lowest BCUT2D eigenvalue weighted by Gasteiger charge is -2.13. The predicted octanol–water partition coefficient (Wildman–Crippen LogP) is 4.29. The van der Waals surface area contributed by atoms with E-state index in [1.54, 1.807) is 11.8 Å². The molecule has 2 rings (SSSR count). The van der Waals surface area contributed by atoms with Gasteiger partial charge in [0.1, 0.15) is 5.03 Å². The molecule has 0 aliphatic rings. The van der Waals surface area contributed by atoms with E-state index < -0.39 is 6.10 Å². The maximum atomic E-state index is 10.1. The highest BCUT2D eigenvalue weighted by atomic mass is 32.2. The summed E-state index contributed by atoms with van der Waals surface area (Å²) in [5, 5.41) is 11.0. The number of pyridine rings is 1. The third kappa shape index (κ3) is 3.58. The van der Waals surface area contributed by atoms with Crippen LogP contribution in [0.2, 0.25) is 0 Å². The number of hydrogen-bond donors (Lipinski definition) is 1. The van der Waals surface area contributed by atoms with Crippen LogP contribution in [0.3, 0.4) is 0 Å². The van der Waals surface area contributed by atoms with Crippen molar-refractivity contribution in [1.29, 1.82) is 0 Å². The summed E-state index contributed by atoms with van der Waals surface area (Å²) >= 11 is 1.62. The molecule has 0 spiro atoms. The third-order valence-corrected chi connectivity index (χ3v) is 3.96. The van der Waals surface area contributed by atoms with Gasteiger partial charge in [0.15, 0.2) is 0 Å².